The van der Waals surface area contributed by atoms with Crippen molar-refractivity contribution in [3.63, 3.8) is 0 Å². The monoisotopic (exact) mass is 378 g/mol. The van der Waals surface area contributed by atoms with Gasteiger partial charge in [-0.25, -0.2) is 0 Å². The van der Waals surface area contributed by atoms with Crippen molar-refractivity contribution in [2.24, 2.45) is 5.92 Å². The third-order valence-electron chi connectivity index (χ3n) is 5.25. The maximum absolute atomic E-state index is 12.9. The Morgan fingerprint density at radius 3 is 2.58 bits per heavy atom. The highest BCUT2D eigenvalue weighted by Gasteiger charge is 2.29. The highest BCUT2D eigenvalue weighted by Crippen LogP contribution is 2.40. The fraction of sp³-hybridized carbons (Fsp3) is 0.632. The summed E-state index contributed by atoms with van der Waals surface area (Å²) >= 11 is 1.47. The Hall–Kier alpha value is -1.89. The van der Waals surface area contributed by atoms with Crippen LogP contribution in [0, 0.1) is 5.92 Å². The lowest BCUT2D eigenvalue weighted by atomic mass is 9.88. The molecule has 1 aromatic rings. The molecule has 0 aromatic carbocycles. The van der Waals surface area contributed by atoms with Crippen LogP contribution in [0.15, 0.2) is 0 Å². The van der Waals surface area contributed by atoms with Gasteiger partial charge in [0.15, 0.2) is 0 Å². The Balaban J connectivity index is 1.81. The van der Waals surface area contributed by atoms with Crippen LogP contribution in [0.1, 0.15) is 72.7 Å². The van der Waals surface area contributed by atoms with E-state index in [4.69, 9.17) is 5.11 Å². The number of nitrogens with one attached hydrogen (secondary N) is 2. The second-order valence-electron chi connectivity index (χ2n) is 7.45. The smallest absolute Gasteiger partial charge is 0.303 e. The second kappa shape index (κ2) is 8.20. The lowest BCUT2D eigenvalue weighted by molar-refractivity contribution is -0.138. The maximum Gasteiger partial charge on any atom is 0.303 e. The highest BCUT2D eigenvalue weighted by atomic mass is 32.1. The zero-order valence-electron chi connectivity index (χ0n) is 15.1. The van der Waals surface area contributed by atoms with Gasteiger partial charge in [-0.3, -0.25) is 14.4 Å². The van der Waals surface area contributed by atoms with Crippen molar-refractivity contribution in [2.75, 3.05) is 5.32 Å². The van der Waals surface area contributed by atoms with Gasteiger partial charge in [-0.05, 0) is 43.6 Å². The molecule has 3 N–H and O–H groups in total. The van der Waals surface area contributed by atoms with E-state index < -0.39 is 5.97 Å². The predicted molar refractivity (Wildman–Crippen MR) is 101 cm³/mol. The molecule has 7 heteroatoms. The molecule has 1 heterocycles. The number of carboxylic acid groups (broad SMARTS) is 1. The van der Waals surface area contributed by atoms with Crippen molar-refractivity contribution in [3.8, 4) is 0 Å². The first-order valence-corrected chi connectivity index (χ1v) is 10.2. The first kappa shape index (κ1) is 18.9. The van der Waals surface area contributed by atoms with E-state index in [1.54, 1.807) is 0 Å². The van der Waals surface area contributed by atoms with Crippen molar-refractivity contribution in [1.82, 2.24) is 5.32 Å². The van der Waals surface area contributed by atoms with E-state index in [0.29, 0.717) is 16.5 Å². The summed E-state index contributed by atoms with van der Waals surface area (Å²) in [7, 11) is 0. The standard InChI is InChI=1S/C19H26N2O4S/c1-11-6-7-13-14(10-11)26-19(21-15(22)8-9-16(23)24)17(13)18(25)20-12-4-2-3-5-12/h11-12H,2-10H2,1H3,(H,20,25)(H,21,22)(H,23,24). The molecule has 1 fully saturated rings. The summed E-state index contributed by atoms with van der Waals surface area (Å²) in [4.78, 5) is 36.9. The van der Waals surface area contributed by atoms with Crippen LogP contribution in [0.5, 0.6) is 0 Å². The van der Waals surface area contributed by atoms with Crippen LogP contribution in [0.2, 0.25) is 0 Å². The first-order chi connectivity index (χ1) is 12.4. The van der Waals surface area contributed by atoms with Crippen molar-refractivity contribution < 1.29 is 19.5 Å². The van der Waals surface area contributed by atoms with E-state index in [-0.39, 0.29) is 30.7 Å². The average Bonchev–Trinajstić information content (AvgIpc) is 3.19. The van der Waals surface area contributed by atoms with Gasteiger partial charge in [0.05, 0.1) is 12.0 Å². The molecule has 0 saturated heterocycles. The van der Waals surface area contributed by atoms with Crippen LogP contribution in [0.4, 0.5) is 5.00 Å². The van der Waals surface area contributed by atoms with Gasteiger partial charge in [0.2, 0.25) is 5.91 Å². The molecule has 1 atom stereocenters. The van der Waals surface area contributed by atoms with E-state index in [1.807, 2.05) is 0 Å². The molecule has 1 aromatic heterocycles. The fourth-order valence-corrected chi connectivity index (χ4v) is 5.24. The molecule has 26 heavy (non-hydrogen) atoms. The molecular weight excluding hydrogens is 352 g/mol. The van der Waals surface area contributed by atoms with Gasteiger partial charge in [-0.15, -0.1) is 11.3 Å². The maximum atomic E-state index is 12.9. The van der Waals surface area contributed by atoms with E-state index in [1.165, 1.54) is 16.2 Å². The number of aliphatic carboxylic acids is 1. The molecule has 2 aliphatic carbocycles. The molecule has 1 unspecified atom stereocenters. The van der Waals surface area contributed by atoms with Crippen LogP contribution in [-0.4, -0.2) is 28.9 Å². The molecule has 0 radical (unpaired) electrons. The Bertz CT molecular complexity index is 707. The van der Waals surface area contributed by atoms with Crippen LogP contribution in [0.25, 0.3) is 0 Å². The summed E-state index contributed by atoms with van der Waals surface area (Å²) < 4.78 is 0. The van der Waals surface area contributed by atoms with Crippen LogP contribution >= 0.6 is 11.3 Å². The minimum atomic E-state index is -1.00. The number of hydrogen-bond donors (Lipinski definition) is 3. The third kappa shape index (κ3) is 4.44. The molecule has 2 amide bonds. The number of thiophene rings is 1. The summed E-state index contributed by atoms with van der Waals surface area (Å²) in [5.74, 6) is -0.882. The van der Waals surface area contributed by atoms with Gasteiger partial charge < -0.3 is 15.7 Å². The molecular formula is C19H26N2O4S. The Morgan fingerprint density at radius 2 is 1.88 bits per heavy atom. The summed E-state index contributed by atoms with van der Waals surface area (Å²) in [6, 6.07) is 0.219. The number of amides is 2. The molecule has 0 bridgehead atoms. The molecule has 2 aliphatic rings. The van der Waals surface area contributed by atoms with Gasteiger partial charge in [0.1, 0.15) is 5.00 Å². The average molecular weight is 378 g/mol. The number of carbonyl (C=O) groups excluding carboxylic acids is 2. The zero-order chi connectivity index (χ0) is 18.7. The number of hydrogen-bond acceptors (Lipinski definition) is 4. The van der Waals surface area contributed by atoms with E-state index in [2.05, 4.69) is 17.6 Å². The lowest BCUT2D eigenvalue weighted by Gasteiger charge is -2.19. The Morgan fingerprint density at radius 1 is 1.15 bits per heavy atom. The topological polar surface area (TPSA) is 95.5 Å². The summed E-state index contributed by atoms with van der Waals surface area (Å²) in [5, 5.41) is 15.3. The molecule has 142 valence electrons. The Kier molecular flexibility index (Phi) is 5.96. The number of carbonyl (C=O) groups is 3. The number of fused-ring (bicyclic) bond motifs is 1. The predicted octanol–water partition coefficient (Wildman–Crippen LogP) is 3.35. The lowest BCUT2D eigenvalue weighted by Crippen LogP contribution is -2.33. The van der Waals surface area contributed by atoms with Gasteiger partial charge in [-0.1, -0.05) is 19.8 Å². The van der Waals surface area contributed by atoms with Crippen LogP contribution < -0.4 is 10.6 Å². The number of carboxylic acids is 1. The van der Waals surface area contributed by atoms with Gasteiger partial charge in [0.25, 0.3) is 5.91 Å². The molecule has 3 rings (SSSR count). The largest absolute Gasteiger partial charge is 0.481 e. The van der Waals surface area contributed by atoms with Crippen molar-refractivity contribution >= 4 is 34.1 Å². The normalized spacial score (nSPS) is 19.8. The van der Waals surface area contributed by atoms with Crippen molar-refractivity contribution in [3.05, 3.63) is 16.0 Å². The zero-order valence-corrected chi connectivity index (χ0v) is 15.9. The highest BCUT2D eigenvalue weighted by molar-refractivity contribution is 7.17. The number of rotatable bonds is 6. The second-order valence-corrected chi connectivity index (χ2v) is 8.56. The van der Waals surface area contributed by atoms with Gasteiger partial charge in [0, 0.05) is 17.3 Å². The SMILES string of the molecule is CC1CCc2c(sc(NC(=O)CCC(=O)O)c2C(=O)NC2CCCC2)C1. The molecule has 1 saturated carbocycles. The fourth-order valence-electron chi connectivity index (χ4n) is 3.82. The third-order valence-corrected chi connectivity index (χ3v) is 6.42. The minimum Gasteiger partial charge on any atom is -0.481 e. The summed E-state index contributed by atoms with van der Waals surface area (Å²) in [5.41, 5.74) is 1.67. The van der Waals surface area contributed by atoms with E-state index in [9.17, 15) is 14.4 Å². The summed E-state index contributed by atoms with van der Waals surface area (Å²) in [6.45, 7) is 2.20. The molecule has 6 nitrogen and oxygen atoms in total. The van der Waals surface area contributed by atoms with E-state index >= 15 is 0 Å². The molecule has 0 aliphatic heterocycles. The van der Waals surface area contributed by atoms with Crippen molar-refractivity contribution in [2.45, 2.75) is 70.8 Å². The first-order valence-electron chi connectivity index (χ1n) is 9.41. The van der Waals surface area contributed by atoms with Crippen molar-refractivity contribution in [1.29, 1.82) is 0 Å². The van der Waals surface area contributed by atoms with Crippen LogP contribution in [0.3, 0.4) is 0 Å². The quantitative estimate of drug-likeness (QED) is 0.707. The van der Waals surface area contributed by atoms with E-state index in [0.717, 1.165) is 50.5 Å². The van der Waals surface area contributed by atoms with Crippen LogP contribution in [-0.2, 0) is 22.4 Å². The van der Waals surface area contributed by atoms with Gasteiger partial charge >= 0.3 is 5.97 Å². The minimum absolute atomic E-state index is 0.0853. The Labute approximate surface area is 157 Å². The number of anilines is 1. The molecule has 0 spiro atoms. The van der Waals surface area contributed by atoms with Gasteiger partial charge in [-0.2, -0.15) is 0 Å². The summed E-state index contributed by atoms with van der Waals surface area (Å²) in [6.07, 6.45) is 6.83.